The van der Waals surface area contributed by atoms with Crippen LogP contribution in [0.25, 0.3) is 38.1 Å². The summed E-state index contributed by atoms with van der Waals surface area (Å²) in [6.07, 6.45) is 1.50. The third-order valence-electron chi connectivity index (χ3n) is 7.17. The molecule has 0 aliphatic carbocycles. The fourth-order valence-corrected chi connectivity index (χ4v) is 5.26. The smallest absolute Gasteiger partial charge is 0.267 e. The van der Waals surface area contributed by atoms with E-state index in [-0.39, 0.29) is 18.1 Å². The molecule has 3 aromatic carbocycles. The highest BCUT2D eigenvalue weighted by Crippen LogP contribution is 2.39. The van der Waals surface area contributed by atoms with E-state index in [9.17, 15) is 9.59 Å². The molecule has 3 heterocycles. The molecule has 3 aromatic heterocycles. The number of benzene rings is 3. The molecule has 1 atom stereocenters. The fraction of sp³-hybridized carbons (Fsp3) is 0.194. The lowest BCUT2D eigenvalue weighted by molar-refractivity contribution is -0.122. The maximum Gasteiger partial charge on any atom is 0.267 e. The maximum atomic E-state index is 13.9. The van der Waals surface area contributed by atoms with Gasteiger partial charge >= 0.3 is 0 Å². The summed E-state index contributed by atoms with van der Waals surface area (Å²) in [5.74, 6) is 1.02. The lowest BCUT2D eigenvalue weighted by Crippen LogP contribution is -2.30. The van der Waals surface area contributed by atoms with E-state index < -0.39 is 6.10 Å². The Labute approximate surface area is 228 Å². The van der Waals surface area contributed by atoms with E-state index in [0.717, 1.165) is 16.3 Å². The summed E-state index contributed by atoms with van der Waals surface area (Å²) < 4.78 is 18.7. The first-order valence-electron chi connectivity index (χ1n) is 12.9. The largest absolute Gasteiger partial charge is 0.493 e. The van der Waals surface area contributed by atoms with E-state index in [2.05, 4.69) is 10.3 Å². The zero-order chi connectivity index (χ0) is 28.0. The van der Waals surface area contributed by atoms with Crippen LogP contribution in [0.2, 0.25) is 0 Å². The van der Waals surface area contributed by atoms with Crippen LogP contribution >= 0.6 is 0 Å². The molecular weight excluding hydrogens is 510 g/mol. The molecule has 0 saturated heterocycles. The van der Waals surface area contributed by atoms with E-state index in [1.807, 2.05) is 36.4 Å². The second-order valence-electron chi connectivity index (χ2n) is 9.52. The third-order valence-corrected chi connectivity index (χ3v) is 7.17. The Kier molecular flexibility index (Phi) is 6.36. The van der Waals surface area contributed by atoms with Crippen LogP contribution in [0.5, 0.6) is 17.2 Å². The van der Waals surface area contributed by atoms with E-state index in [1.54, 1.807) is 41.8 Å². The number of aromatic nitrogens is 2. The van der Waals surface area contributed by atoms with E-state index in [1.165, 1.54) is 14.2 Å². The molecule has 2 N–H and O–H groups in total. The number of fused-ring (bicyclic) bond motifs is 5. The number of hydrogen-bond donors (Lipinski definition) is 2. The van der Waals surface area contributed by atoms with Crippen molar-refractivity contribution in [1.29, 1.82) is 0 Å². The number of carbonyl (C=O) groups is 1. The van der Waals surface area contributed by atoms with Crippen molar-refractivity contribution >= 4 is 49.7 Å². The number of ether oxygens (including phenoxy) is 3. The van der Waals surface area contributed by atoms with Gasteiger partial charge in [0.05, 0.1) is 36.2 Å². The summed E-state index contributed by atoms with van der Waals surface area (Å²) in [5, 5.41) is 14.7. The van der Waals surface area contributed by atoms with Crippen LogP contribution in [0.15, 0.2) is 71.7 Å². The molecule has 0 bridgehead atoms. The molecule has 0 unspecified atom stereocenters. The molecule has 0 aliphatic rings. The first kappa shape index (κ1) is 25.4. The molecule has 0 radical (unpaired) electrons. The Balaban J connectivity index is 1.39. The van der Waals surface area contributed by atoms with Gasteiger partial charge in [-0.1, -0.05) is 12.1 Å². The molecule has 0 fully saturated rings. The van der Waals surface area contributed by atoms with E-state index in [0.29, 0.717) is 56.7 Å². The monoisotopic (exact) mass is 537 g/mol. The van der Waals surface area contributed by atoms with E-state index in [4.69, 9.17) is 19.3 Å². The standard InChI is InChI=1S/C31H27N3O6/c1-17(30(36)33-19-6-4-18(5-7-19)13-15-35)40-20-8-10-24-23(16-20)21-12-14-32-27-22-9-11-25(38-2)29(39-3)26(22)31(37)34(24)28(21)27/h4-12,14,16-17,35H,13,15H2,1-3H3,(H,33,36)/t17-/m0/s1. The number of rotatable bonds is 8. The number of methoxy groups -OCH3 is 2. The van der Waals surface area contributed by atoms with Crippen molar-refractivity contribution in [2.45, 2.75) is 19.4 Å². The van der Waals surface area contributed by atoms with Gasteiger partial charge in [0.25, 0.3) is 11.5 Å². The van der Waals surface area contributed by atoms with Crippen LogP contribution in [0, 0.1) is 0 Å². The number of nitrogens with zero attached hydrogens (tertiary/aromatic N) is 2. The van der Waals surface area contributed by atoms with Crippen LogP contribution in [-0.4, -0.2) is 47.3 Å². The van der Waals surface area contributed by atoms with Crippen molar-refractivity contribution in [2.75, 3.05) is 26.1 Å². The Morgan fingerprint density at radius 3 is 2.52 bits per heavy atom. The average Bonchev–Trinajstić information content (AvgIpc) is 3.31. The molecular formula is C31H27N3O6. The number of pyridine rings is 2. The van der Waals surface area contributed by atoms with Crippen LogP contribution in [0.4, 0.5) is 5.69 Å². The SMILES string of the molecule is COc1ccc2c(c1OC)c(=O)n1c3ccc(O[C@@H](C)C(=O)Nc4ccc(CCO)cc4)cc3c3ccnc2c31. The van der Waals surface area contributed by atoms with Gasteiger partial charge in [0.15, 0.2) is 17.6 Å². The molecule has 0 spiro atoms. The predicted octanol–water partition coefficient (Wildman–Crippen LogP) is 4.55. The quantitative estimate of drug-likeness (QED) is 0.274. The van der Waals surface area contributed by atoms with Gasteiger partial charge in [-0.3, -0.25) is 19.0 Å². The van der Waals surface area contributed by atoms with Gasteiger partial charge in [0.1, 0.15) is 5.75 Å². The Morgan fingerprint density at radius 1 is 1.00 bits per heavy atom. The minimum Gasteiger partial charge on any atom is -0.493 e. The van der Waals surface area contributed by atoms with Gasteiger partial charge in [-0.05, 0) is 67.4 Å². The van der Waals surface area contributed by atoms with Crippen molar-refractivity contribution in [1.82, 2.24) is 9.38 Å². The van der Waals surface area contributed by atoms with Crippen LogP contribution in [-0.2, 0) is 11.2 Å². The maximum absolute atomic E-state index is 13.9. The second-order valence-corrected chi connectivity index (χ2v) is 9.52. The molecule has 6 aromatic rings. The summed E-state index contributed by atoms with van der Waals surface area (Å²) in [5.41, 5.74) is 3.46. The van der Waals surface area contributed by atoms with Gasteiger partial charge < -0.3 is 24.6 Å². The number of nitrogens with one attached hydrogen (secondary N) is 1. The molecule has 202 valence electrons. The van der Waals surface area contributed by atoms with Gasteiger partial charge in [-0.15, -0.1) is 0 Å². The Morgan fingerprint density at radius 2 is 1.80 bits per heavy atom. The highest BCUT2D eigenvalue weighted by molar-refractivity contribution is 6.19. The molecule has 0 aliphatic heterocycles. The second kappa shape index (κ2) is 10.0. The summed E-state index contributed by atoms with van der Waals surface area (Å²) in [6.45, 7) is 1.75. The van der Waals surface area contributed by atoms with Crippen LogP contribution < -0.4 is 25.1 Å². The zero-order valence-corrected chi connectivity index (χ0v) is 22.2. The van der Waals surface area contributed by atoms with Crippen molar-refractivity contribution in [2.24, 2.45) is 0 Å². The number of anilines is 1. The van der Waals surface area contributed by atoms with Crippen molar-refractivity contribution in [3.63, 3.8) is 0 Å². The molecule has 0 saturated carbocycles. The van der Waals surface area contributed by atoms with Crippen LogP contribution in [0.1, 0.15) is 12.5 Å². The minimum absolute atomic E-state index is 0.0709. The van der Waals surface area contributed by atoms with Gasteiger partial charge in [0.2, 0.25) is 0 Å². The lowest BCUT2D eigenvalue weighted by Gasteiger charge is -2.15. The van der Waals surface area contributed by atoms with Crippen LogP contribution in [0.3, 0.4) is 0 Å². The molecule has 1 amide bonds. The number of carbonyl (C=O) groups excluding carboxylic acids is 1. The van der Waals surface area contributed by atoms with Gasteiger partial charge in [-0.25, -0.2) is 0 Å². The molecule has 6 rings (SSSR count). The number of aliphatic hydroxyl groups excluding tert-OH is 1. The normalized spacial score (nSPS) is 12.3. The Hall–Kier alpha value is -4.89. The number of amides is 1. The summed E-state index contributed by atoms with van der Waals surface area (Å²) >= 11 is 0. The van der Waals surface area contributed by atoms with E-state index >= 15 is 0 Å². The molecule has 9 heteroatoms. The van der Waals surface area contributed by atoms with Crippen molar-refractivity contribution < 1.29 is 24.1 Å². The molecule has 9 nitrogen and oxygen atoms in total. The summed E-state index contributed by atoms with van der Waals surface area (Å²) in [7, 11) is 3.04. The lowest BCUT2D eigenvalue weighted by atomic mass is 10.1. The fourth-order valence-electron chi connectivity index (χ4n) is 5.26. The van der Waals surface area contributed by atoms with Crippen molar-refractivity contribution in [3.8, 4) is 17.2 Å². The highest BCUT2D eigenvalue weighted by Gasteiger charge is 2.23. The van der Waals surface area contributed by atoms with Gasteiger partial charge in [-0.2, -0.15) is 0 Å². The van der Waals surface area contributed by atoms with Crippen molar-refractivity contribution in [3.05, 3.63) is 82.8 Å². The third kappa shape index (κ3) is 4.02. The predicted molar refractivity (Wildman–Crippen MR) is 154 cm³/mol. The first-order chi connectivity index (χ1) is 19.4. The summed E-state index contributed by atoms with van der Waals surface area (Å²) in [4.78, 5) is 31.4. The first-order valence-corrected chi connectivity index (χ1v) is 12.9. The zero-order valence-electron chi connectivity index (χ0n) is 22.2. The molecule has 40 heavy (non-hydrogen) atoms. The topological polar surface area (TPSA) is 111 Å². The number of hydrogen-bond acceptors (Lipinski definition) is 7. The Bertz CT molecular complexity index is 1950. The average molecular weight is 538 g/mol. The summed E-state index contributed by atoms with van der Waals surface area (Å²) in [6, 6.07) is 18.2. The minimum atomic E-state index is -0.779. The highest BCUT2D eigenvalue weighted by atomic mass is 16.5. The van der Waals surface area contributed by atoms with Gasteiger partial charge in [0, 0.05) is 34.6 Å². The number of aliphatic hydroxyl groups is 1.